The number of hydrogen-bond acceptors (Lipinski definition) is 15. The number of nitrogens with two attached hydrogens (primary N) is 2. The van der Waals surface area contributed by atoms with E-state index in [9.17, 15) is 43.2 Å². The number of esters is 2. The van der Waals surface area contributed by atoms with Crippen LogP contribution < -0.4 is 36.9 Å². The number of carboxylic acid groups (broad SMARTS) is 2. The van der Waals surface area contributed by atoms with Crippen LogP contribution in [0.4, 0.5) is 5.69 Å². The minimum absolute atomic E-state index is 0.0354. The highest BCUT2D eigenvalue weighted by molar-refractivity contribution is 8.76. The molecule has 20 heteroatoms. The first-order valence-corrected chi connectivity index (χ1v) is 20.1. The highest BCUT2D eigenvalue weighted by Crippen LogP contribution is 2.27. The molecular formula is C37H47N5O13S2. The van der Waals surface area contributed by atoms with Crippen molar-refractivity contribution in [1.29, 1.82) is 0 Å². The van der Waals surface area contributed by atoms with E-state index in [1.807, 2.05) is 6.92 Å². The van der Waals surface area contributed by atoms with Crippen LogP contribution >= 0.6 is 21.6 Å². The smallest absolute Gasteiger partial charge is 0.328 e. The molecule has 0 saturated carbocycles. The van der Waals surface area contributed by atoms with E-state index in [-0.39, 0.29) is 67.4 Å². The van der Waals surface area contributed by atoms with Crippen LogP contribution in [-0.2, 0) is 43.2 Å². The van der Waals surface area contributed by atoms with Gasteiger partial charge in [0.05, 0.1) is 18.4 Å². The third-order valence-electron chi connectivity index (χ3n) is 7.81. The minimum atomic E-state index is -1.31. The van der Waals surface area contributed by atoms with Gasteiger partial charge in [-0.25, -0.2) is 9.59 Å². The predicted molar refractivity (Wildman–Crippen MR) is 210 cm³/mol. The van der Waals surface area contributed by atoms with Gasteiger partial charge in [0.15, 0.2) is 5.78 Å². The van der Waals surface area contributed by atoms with E-state index in [2.05, 4.69) is 16.0 Å². The molecule has 0 saturated heterocycles. The molecule has 0 bridgehead atoms. The van der Waals surface area contributed by atoms with Crippen molar-refractivity contribution in [3.8, 4) is 11.5 Å². The standard InChI is InChI=1S/C37H47N5O13S2/c1-21-3-8-26(9-4-21)54-37(53)29(39)13-15-32(46)42-30(31(45)14-16-33(47)48)20-57-56-19-23(35(51)40-18-34(49)50)17-25(44)7-12-28(38)36(52)55-27-10-5-24(6-11-27)41-22(2)43/h3-6,8-11,23,28-30H,7,12-20,38-39H2,1-2H3,(H,40,51)(H,41,43)(H,42,46)(H,47,48)(H,49,50). The Labute approximate surface area is 336 Å². The number of Topliss-reactive ketones (excluding diaryl/α,β-unsaturated/α-hetero) is 2. The number of aryl methyl sites for hydroxylation is 1. The maximum absolute atomic E-state index is 12.9. The van der Waals surface area contributed by atoms with Gasteiger partial charge in [-0.2, -0.15) is 0 Å². The second-order valence-electron chi connectivity index (χ2n) is 12.8. The van der Waals surface area contributed by atoms with E-state index >= 15 is 0 Å². The quantitative estimate of drug-likeness (QED) is 0.0307. The molecule has 57 heavy (non-hydrogen) atoms. The maximum Gasteiger partial charge on any atom is 0.328 e. The molecule has 0 aliphatic heterocycles. The Hall–Kier alpha value is -5.31. The number of carbonyl (C=O) groups excluding carboxylic acids is 7. The van der Waals surface area contributed by atoms with Crippen LogP contribution in [0, 0.1) is 12.8 Å². The van der Waals surface area contributed by atoms with Crippen LogP contribution in [0.1, 0.15) is 57.4 Å². The van der Waals surface area contributed by atoms with Gasteiger partial charge in [-0.15, -0.1) is 0 Å². The molecule has 4 atom stereocenters. The fraction of sp³-hybridized carbons (Fsp3) is 0.432. The Balaban J connectivity index is 1.94. The zero-order valence-corrected chi connectivity index (χ0v) is 33.0. The molecule has 2 rings (SSSR count). The normalized spacial score (nSPS) is 12.8. The minimum Gasteiger partial charge on any atom is -0.481 e. The number of rotatable bonds is 26. The summed E-state index contributed by atoms with van der Waals surface area (Å²) >= 11 is 0. The average molecular weight is 834 g/mol. The van der Waals surface area contributed by atoms with Gasteiger partial charge in [0.2, 0.25) is 17.7 Å². The first-order valence-electron chi connectivity index (χ1n) is 17.6. The molecule has 0 fully saturated rings. The number of hydrogen-bond donors (Lipinski definition) is 7. The lowest BCUT2D eigenvalue weighted by molar-refractivity contribution is -0.139. The lowest BCUT2D eigenvalue weighted by Crippen LogP contribution is -2.43. The molecule has 0 aromatic heterocycles. The van der Waals surface area contributed by atoms with Gasteiger partial charge in [-0.05, 0) is 56.2 Å². The Bertz CT molecular complexity index is 1740. The zero-order valence-electron chi connectivity index (χ0n) is 31.4. The zero-order chi connectivity index (χ0) is 42.5. The van der Waals surface area contributed by atoms with Crippen LogP contribution in [0.25, 0.3) is 0 Å². The number of carbonyl (C=O) groups is 9. The molecule has 18 nitrogen and oxygen atoms in total. The van der Waals surface area contributed by atoms with E-state index in [0.717, 1.165) is 27.2 Å². The van der Waals surface area contributed by atoms with Crippen LogP contribution in [0.2, 0.25) is 0 Å². The van der Waals surface area contributed by atoms with Crippen molar-refractivity contribution in [2.24, 2.45) is 17.4 Å². The van der Waals surface area contributed by atoms with Gasteiger partial charge in [0, 0.05) is 49.8 Å². The van der Waals surface area contributed by atoms with Crippen molar-refractivity contribution in [1.82, 2.24) is 10.6 Å². The van der Waals surface area contributed by atoms with Crippen molar-refractivity contribution < 1.29 is 62.8 Å². The van der Waals surface area contributed by atoms with Crippen molar-refractivity contribution in [3.05, 3.63) is 54.1 Å². The highest BCUT2D eigenvalue weighted by atomic mass is 33.1. The Morgan fingerprint density at radius 1 is 0.719 bits per heavy atom. The first kappa shape index (κ1) is 47.8. The molecule has 9 N–H and O–H groups in total. The number of carboxylic acids is 2. The number of aliphatic carboxylic acids is 2. The Morgan fingerprint density at radius 3 is 1.81 bits per heavy atom. The topological polar surface area (TPSA) is 301 Å². The number of amides is 3. The second-order valence-corrected chi connectivity index (χ2v) is 15.3. The molecule has 2 aromatic rings. The molecule has 0 aliphatic rings. The van der Waals surface area contributed by atoms with Crippen molar-refractivity contribution in [2.75, 3.05) is 23.4 Å². The number of nitrogens with one attached hydrogen (secondary N) is 3. The van der Waals surface area contributed by atoms with Gasteiger partial charge in [0.1, 0.15) is 35.9 Å². The fourth-order valence-electron chi connectivity index (χ4n) is 4.68. The maximum atomic E-state index is 12.9. The lowest BCUT2D eigenvalue weighted by atomic mass is 9.99. The first-order chi connectivity index (χ1) is 26.9. The van der Waals surface area contributed by atoms with E-state index in [1.54, 1.807) is 24.3 Å². The molecule has 0 spiro atoms. The SMILES string of the molecule is CC(=O)Nc1ccc(OC(=O)C(N)CCC(=O)CC(CSSCC(NC(=O)CCC(N)C(=O)Oc2ccc(C)cc2)C(=O)CCC(=O)O)C(=O)NCC(=O)O)cc1. The third kappa shape index (κ3) is 19.9. The summed E-state index contributed by atoms with van der Waals surface area (Å²) in [5.41, 5.74) is 13.3. The summed E-state index contributed by atoms with van der Waals surface area (Å²) in [7, 11) is 2.10. The van der Waals surface area contributed by atoms with Gasteiger partial charge in [-0.1, -0.05) is 39.3 Å². The predicted octanol–water partition coefficient (Wildman–Crippen LogP) is 1.76. The summed E-state index contributed by atoms with van der Waals surface area (Å²) in [6.07, 6.45) is -1.91. The molecule has 0 heterocycles. The van der Waals surface area contributed by atoms with Crippen molar-refractivity contribution in [2.45, 2.75) is 76.9 Å². The number of ether oxygens (including phenoxy) is 2. The van der Waals surface area contributed by atoms with E-state index in [4.69, 9.17) is 31.2 Å². The lowest BCUT2D eigenvalue weighted by Gasteiger charge is -2.19. The summed E-state index contributed by atoms with van der Waals surface area (Å²) in [6, 6.07) is 9.12. The molecule has 310 valence electrons. The monoisotopic (exact) mass is 833 g/mol. The van der Waals surface area contributed by atoms with Gasteiger partial charge < -0.3 is 47.1 Å². The molecular weight excluding hydrogens is 787 g/mol. The summed E-state index contributed by atoms with van der Waals surface area (Å²) in [4.78, 5) is 110. The average Bonchev–Trinajstić information content (AvgIpc) is 3.15. The second kappa shape index (κ2) is 25.0. The van der Waals surface area contributed by atoms with E-state index in [1.165, 1.54) is 31.2 Å². The summed E-state index contributed by atoms with van der Waals surface area (Å²) < 4.78 is 10.5. The van der Waals surface area contributed by atoms with Gasteiger partial charge >= 0.3 is 23.9 Å². The number of ketones is 2. The summed E-state index contributed by atoms with van der Waals surface area (Å²) in [5, 5.41) is 25.4. The summed E-state index contributed by atoms with van der Waals surface area (Å²) in [5.74, 6) is -7.49. The number of benzene rings is 2. The summed E-state index contributed by atoms with van der Waals surface area (Å²) in [6.45, 7) is 2.50. The van der Waals surface area contributed by atoms with Crippen LogP contribution in [0.15, 0.2) is 48.5 Å². The van der Waals surface area contributed by atoms with Crippen molar-refractivity contribution >= 4 is 80.4 Å². The van der Waals surface area contributed by atoms with Gasteiger partial charge in [-0.3, -0.25) is 33.6 Å². The molecule has 0 radical (unpaired) electrons. The highest BCUT2D eigenvalue weighted by Gasteiger charge is 2.27. The largest absolute Gasteiger partial charge is 0.481 e. The Morgan fingerprint density at radius 2 is 1.26 bits per heavy atom. The molecule has 4 unspecified atom stereocenters. The van der Waals surface area contributed by atoms with Gasteiger partial charge in [0.25, 0.3) is 0 Å². The van der Waals surface area contributed by atoms with E-state index in [0.29, 0.717) is 5.69 Å². The third-order valence-corrected chi connectivity index (χ3v) is 10.3. The van der Waals surface area contributed by atoms with Crippen molar-refractivity contribution in [3.63, 3.8) is 0 Å². The van der Waals surface area contributed by atoms with Crippen LogP contribution in [0.5, 0.6) is 11.5 Å². The van der Waals surface area contributed by atoms with Crippen LogP contribution in [-0.4, -0.2) is 99.6 Å². The Kier molecular flexibility index (Phi) is 21.0. The van der Waals surface area contributed by atoms with E-state index < -0.39 is 84.3 Å². The number of anilines is 1. The molecule has 0 aliphatic carbocycles. The fourth-order valence-corrected chi connectivity index (χ4v) is 7.19. The van der Waals surface area contributed by atoms with Crippen LogP contribution in [0.3, 0.4) is 0 Å². The molecule has 3 amide bonds. The molecule has 2 aromatic carbocycles.